The second-order valence-corrected chi connectivity index (χ2v) is 8.57. The molecule has 0 spiro atoms. The lowest BCUT2D eigenvalue weighted by molar-refractivity contribution is -0.137. The molecule has 1 aromatic heterocycles. The number of nitrogens with zero attached hydrogens (tertiary/aromatic N) is 2. The van der Waals surface area contributed by atoms with E-state index in [2.05, 4.69) is 4.72 Å². The number of alkyl halides is 3. The van der Waals surface area contributed by atoms with E-state index in [4.69, 9.17) is 0 Å². The zero-order valence-electron chi connectivity index (χ0n) is 15.3. The van der Waals surface area contributed by atoms with Crippen LogP contribution in [0.1, 0.15) is 36.3 Å². The Morgan fingerprint density at radius 3 is 2.50 bits per heavy atom. The first-order valence-corrected chi connectivity index (χ1v) is 10.2. The number of fused-ring (bicyclic) bond motifs is 1. The largest absolute Gasteiger partial charge is 0.416 e. The number of amides is 1. The molecule has 1 amide bonds. The quantitative estimate of drug-likeness (QED) is 0.830. The van der Waals surface area contributed by atoms with Gasteiger partial charge in [0.15, 0.2) is 0 Å². The highest BCUT2D eigenvalue weighted by Gasteiger charge is 2.31. The molecule has 0 saturated heterocycles. The van der Waals surface area contributed by atoms with Crippen molar-refractivity contribution in [2.75, 3.05) is 11.3 Å². The molecule has 0 radical (unpaired) electrons. The molecule has 2 heterocycles. The summed E-state index contributed by atoms with van der Waals surface area (Å²) in [5.41, 5.74) is -0.912. The van der Waals surface area contributed by atoms with Gasteiger partial charge >= 0.3 is 6.18 Å². The highest BCUT2D eigenvalue weighted by molar-refractivity contribution is 7.92. The van der Waals surface area contributed by atoms with Crippen molar-refractivity contribution in [3.8, 4) is 0 Å². The lowest BCUT2D eigenvalue weighted by atomic mass is 10.2. The van der Waals surface area contributed by atoms with Crippen LogP contribution in [0.4, 0.5) is 18.9 Å². The molecule has 0 aliphatic carbocycles. The molecule has 10 heteroatoms. The number of sulfonamides is 1. The molecule has 152 valence electrons. The molecule has 0 atom stereocenters. The fourth-order valence-corrected chi connectivity index (χ4v) is 4.21. The molecular formula is C18H20F3N3O3S. The number of aromatic nitrogens is 1. The summed E-state index contributed by atoms with van der Waals surface area (Å²) >= 11 is 0. The number of rotatable bonds is 4. The molecular weight excluding hydrogens is 395 g/mol. The van der Waals surface area contributed by atoms with E-state index in [1.165, 1.54) is 18.3 Å². The van der Waals surface area contributed by atoms with Gasteiger partial charge in [0, 0.05) is 31.0 Å². The Morgan fingerprint density at radius 1 is 1.14 bits per heavy atom. The van der Waals surface area contributed by atoms with Crippen molar-refractivity contribution in [1.82, 2.24) is 9.47 Å². The highest BCUT2D eigenvalue weighted by atomic mass is 32.2. The first-order valence-electron chi connectivity index (χ1n) is 8.70. The van der Waals surface area contributed by atoms with E-state index in [-0.39, 0.29) is 28.2 Å². The molecule has 0 saturated carbocycles. The minimum atomic E-state index is -4.58. The van der Waals surface area contributed by atoms with Gasteiger partial charge in [-0.3, -0.25) is 9.52 Å². The molecule has 6 nitrogen and oxygen atoms in total. The van der Waals surface area contributed by atoms with E-state index < -0.39 is 21.8 Å². The second kappa shape index (κ2) is 7.16. The Kier molecular flexibility index (Phi) is 5.18. The fraction of sp³-hybridized carbons (Fsp3) is 0.389. The Balaban J connectivity index is 1.91. The number of hydrogen-bond acceptors (Lipinski definition) is 3. The summed E-state index contributed by atoms with van der Waals surface area (Å²) in [7, 11) is -4.15. The van der Waals surface area contributed by atoms with Gasteiger partial charge in [0.25, 0.3) is 15.9 Å². The Hall–Kier alpha value is -2.49. The van der Waals surface area contributed by atoms with Crippen molar-refractivity contribution < 1.29 is 26.4 Å². The Morgan fingerprint density at radius 2 is 1.86 bits per heavy atom. The predicted molar refractivity (Wildman–Crippen MR) is 97.5 cm³/mol. The molecule has 0 fully saturated rings. The lowest BCUT2D eigenvalue weighted by Crippen LogP contribution is -2.36. The third kappa shape index (κ3) is 4.01. The van der Waals surface area contributed by atoms with E-state index >= 15 is 0 Å². The summed E-state index contributed by atoms with van der Waals surface area (Å²) in [5, 5.41) is 0. The van der Waals surface area contributed by atoms with Crippen LogP contribution in [0.2, 0.25) is 0 Å². The number of carbonyl (C=O) groups is 1. The zero-order valence-corrected chi connectivity index (χ0v) is 16.1. The van der Waals surface area contributed by atoms with Crippen molar-refractivity contribution in [3.05, 3.63) is 47.8 Å². The minimum absolute atomic E-state index is 0.0303. The van der Waals surface area contributed by atoms with Gasteiger partial charge in [-0.2, -0.15) is 13.2 Å². The van der Waals surface area contributed by atoms with E-state index in [0.717, 1.165) is 18.2 Å². The summed E-state index contributed by atoms with van der Waals surface area (Å²) in [6.07, 6.45) is -2.57. The second-order valence-electron chi connectivity index (χ2n) is 6.88. The van der Waals surface area contributed by atoms with E-state index in [9.17, 15) is 26.4 Å². The van der Waals surface area contributed by atoms with Crippen LogP contribution in [0.25, 0.3) is 0 Å². The highest BCUT2D eigenvalue weighted by Crippen LogP contribution is 2.31. The van der Waals surface area contributed by atoms with Crippen molar-refractivity contribution >= 4 is 21.6 Å². The van der Waals surface area contributed by atoms with Crippen LogP contribution in [0.15, 0.2) is 41.4 Å². The van der Waals surface area contributed by atoms with Gasteiger partial charge in [-0.15, -0.1) is 0 Å². The van der Waals surface area contributed by atoms with Gasteiger partial charge in [0.05, 0.1) is 5.56 Å². The summed E-state index contributed by atoms with van der Waals surface area (Å²) < 4.78 is 67.6. The maximum absolute atomic E-state index is 12.8. The van der Waals surface area contributed by atoms with Crippen molar-refractivity contribution in [2.24, 2.45) is 0 Å². The minimum Gasteiger partial charge on any atom is -0.342 e. The number of aryl methyl sites for hydroxylation is 1. The van der Waals surface area contributed by atoms with Crippen LogP contribution in [0.5, 0.6) is 0 Å². The topological polar surface area (TPSA) is 71.4 Å². The summed E-state index contributed by atoms with van der Waals surface area (Å²) in [6.45, 7) is 4.80. The van der Waals surface area contributed by atoms with Crippen LogP contribution in [0.3, 0.4) is 0 Å². The van der Waals surface area contributed by atoms with Gasteiger partial charge in [-0.1, -0.05) is 6.07 Å². The summed E-state index contributed by atoms with van der Waals surface area (Å²) in [4.78, 5) is 14.2. The maximum Gasteiger partial charge on any atom is 0.416 e. The smallest absolute Gasteiger partial charge is 0.342 e. The Bertz CT molecular complexity index is 997. The fourth-order valence-electron chi connectivity index (χ4n) is 3.12. The van der Waals surface area contributed by atoms with E-state index in [1.54, 1.807) is 9.47 Å². The van der Waals surface area contributed by atoms with E-state index in [0.29, 0.717) is 19.5 Å². The zero-order chi connectivity index (χ0) is 20.7. The molecule has 28 heavy (non-hydrogen) atoms. The number of halogens is 3. The molecule has 3 rings (SSSR count). The molecule has 0 bridgehead atoms. The number of carbonyl (C=O) groups excluding carboxylic acids is 1. The van der Waals surface area contributed by atoms with Crippen LogP contribution in [0, 0.1) is 0 Å². The van der Waals surface area contributed by atoms with E-state index in [1.807, 2.05) is 13.8 Å². The number of benzene rings is 1. The first-order chi connectivity index (χ1) is 13.0. The number of nitrogens with one attached hydrogen (secondary N) is 1. The Labute approximate surface area is 161 Å². The average Bonchev–Trinajstić information content (AvgIpc) is 2.96. The van der Waals surface area contributed by atoms with Gasteiger partial charge in [0.2, 0.25) is 0 Å². The van der Waals surface area contributed by atoms with Crippen molar-refractivity contribution in [1.29, 1.82) is 0 Å². The predicted octanol–water partition coefficient (Wildman–Crippen LogP) is 3.56. The molecule has 0 unspecified atom stereocenters. The SMILES string of the molecule is CC(C)N1CCCn2cc(S(=O)(=O)Nc3cccc(C(F)(F)F)c3)cc2C1=O. The monoisotopic (exact) mass is 415 g/mol. The molecule has 1 N–H and O–H groups in total. The summed E-state index contributed by atoms with van der Waals surface area (Å²) in [6, 6.07) is 5.18. The standard InChI is InChI=1S/C18H20F3N3O3S/c1-12(2)24-8-4-7-23-11-15(10-16(23)17(24)25)28(26,27)22-14-6-3-5-13(9-14)18(19,20)21/h3,5-6,9-12,22H,4,7-8H2,1-2H3. The number of hydrogen-bond donors (Lipinski definition) is 1. The molecule has 1 aliphatic rings. The molecule has 1 aromatic carbocycles. The third-order valence-electron chi connectivity index (χ3n) is 4.53. The van der Waals surface area contributed by atoms with Crippen LogP contribution < -0.4 is 4.72 Å². The van der Waals surface area contributed by atoms with Gasteiger partial charge in [0.1, 0.15) is 10.6 Å². The van der Waals surface area contributed by atoms with Crippen molar-refractivity contribution in [2.45, 2.75) is 43.9 Å². The molecule has 2 aromatic rings. The van der Waals surface area contributed by atoms with Gasteiger partial charge in [-0.25, -0.2) is 8.42 Å². The summed E-state index contributed by atoms with van der Waals surface area (Å²) in [5.74, 6) is -0.270. The van der Waals surface area contributed by atoms with Crippen LogP contribution in [-0.2, 0) is 22.7 Å². The molecule has 1 aliphatic heterocycles. The lowest BCUT2D eigenvalue weighted by Gasteiger charge is -2.24. The number of anilines is 1. The first kappa shape index (κ1) is 20.2. The van der Waals surface area contributed by atoms with Crippen LogP contribution in [-0.4, -0.2) is 36.4 Å². The van der Waals surface area contributed by atoms with Crippen LogP contribution >= 0.6 is 0 Å². The van der Waals surface area contributed by atoms with Crippen molar-refractivity contribution in [3.63, 3.8) is 0 Å². The van der Waals surface area contributed by atoms with Gasteiger partial charge < -0.3 is 9.47 Å². The normalized spacial score (nSPS) is 15.5. The average molecular weight is 415 g/mol. The van der Waals surface area contributed by atoms with Gasteiger partial charge in [-0.05, 0) is 44.5 Å². The maximum atomic E-state index is 12.8. The third-order valence-corrected chi connectivity index (χ3v) is 5.87.